The van der Waals surface area contributed by atoms with Gasteiger partial charge in [-0.05, 0) is 32.4 Å². The maximum absolute atomic E-state index is 11.9. The van der Waals surface area contributed by atoms with E-state index in [9.17, 15) is 4.79 Å². The lowest BCUT2D eigenvalue weighted by Crippen LogP contribution is -2.51. The van der Waals surface area contributed by atoms with E-state index in [4.69, 9.17) is 5.73 Å². The predicted molar refractivity (Wildman–Crippen MR) is 66.0 cm³/mol. The molecule has 88 valence electrons. The Morgan fingerprint density at radius 3 is 2.93 bits per heavy atom. The SMILES string of the molecule is CSCCC(=O)N1CCCCC1C(C)N. The van der Waals surface area contributed by atoms with Crippen LogP contribution in [0, 0.1) is 0 Å². The molecule has 1 amide bonds. The third kappa shape index (κ3) is 3.68. The van der Waals surface area contributed by atoms with Crippen molar-refractivity contribution in [2.45, 2.75) is 44.7 Å². The zero-order valence-electron chi connectivity index (χ0n) is 9.74. The number of amides is 1. The van der Waals surface area contributed by atoms with Crippen LogP contribution in [0.25, 0.3) is 0 Å². The number of carbonyl (C=O) groups is 1. The van der Waals surface area contributed by atoms with Crippen LogP contribution in [0.5, 0.6) is 0 Å². The molecule has 0 aromatic heterocycles. The van der Waals surface area contributed by atoms with E-state index >= 15 is 0 Å². The van der Waals surface area contributed by atoms with E-state index < -0.39 is 0 Å². The summed E-state index contributed by atoms with van der Waals surface area (Å²) in [5.74, 6) is 1.20. The van der Waals surface area contributed by atoms with Gasteiger partial charge in [-0.25, -0.2) is 0 Å². The van der Waals surface area contributed by atoms with Crippen molar-refractivity contribution in [1.82, 2.24) is 4.90 Å². The Morgan fingerprint density at radius 1 is 1.60 bits per heavy atom. The van der Waals surface area contributed by atoms with E-state index in [1.807, 2.05) is 18.1 Å². The van der Waals surface area contributed by atoms with Gasteiger partial charge in [-0.2, -0.15) is 11.8 Å². The zero-order valence-corrected chi connectivity index (χ0v) is 10.6. The second kappa shape index (κ2) is 6.38. The number of hydrogen-bond donors (Lipinski definition) is 1. The molecule has 15 heavy (non-hydrogen) atoms. The fourth-order valence-corrected chi connectivity index (χ4v) is 2.53. The van der Waals surface area contributed by atoms with Crippen molar-refractivity contribution < 1.29 is 4.79 Å². The van der Waals surface area contributed by atoms with Crippen LogP contribution in [0.1, 0.15) is 32.6 Å². The van der Waals surface area contributed by atoms with Crippen molar-refractivity contribution >= 4 is 17.7 Å². The first-order valence-electron chi connectivity index (χ1n) is 5.70. The highest BCUT2D eigenvalue weighted by molar-refractivity contribution is 7.98. The standard InChI is InChI=1S/C11H22N2OS/c1-9(12)10-5-3-4-7-13(10)11(14)6-8-15-2/h9-10H,3-8,12H2,1-2H3. The van der Waals surface area contributed by atoms with Gasteiger partial charge in [-0.1, -0.05) is 0 Å². The third-order valence-electron chi connectivity index (χ3n) is 3.00. The highest BCUT2D eigenvalue weighted by Crippen LogP contribution is 2.20. The van der Waals surface area contributed by atoms with Crippen molar-refractivity contribution in [2.24, 2.45) is 5.73 Å². The number of likely N-dealkylation sites (tertiary alicyclic amines) is 1. The fraction of sp³-hybridized carbons (Fsp3) is 0.909. The van der Waals surface area contributed by atoms with Crippen molar-refractivity contribution in [1.29, 1.82) is 0 Å². The van der Waals surface area contributed by atoms with Gasteiger partial charge in [-0.15, -0.1) is 0 Å². The highest BCUT2D eigenvalue weighted by Gasteiger charge is 2.28. The largest absolute Gasteiger partial charge is 0.338 e. The number of carbonyl (C=O) groups excluding carboxylic acids is 1. The van der Waals surface area contributed by atoms with Gasteiger partial charge >= 0.3 is 0 Å². The smallest absolute Gasteiger partial charge is 0.223 e. The molecule has 0 aromatic rings. The molecule has 0 radical (unpaired) electrons. The molecule has 2 atom stereocenters. The number of hydrogen-bond acceptors (Lipinski definition) is 3. The van der Waals surface area contributed by atoms with Gasteiger partial charge in [0.25, 0.3) is 0 Å². The van der Waals surface area contributed by atoms with Crippen molar-refractivity contribution in [2.75, 3.05) is 18.6 Å². The molecule has 1 aliphatic heterocycles. The summed E-state index contributed by atoms with van der Waals surface area (Å²) >= 11 is 1.72. The van der Waals surface area contributed by atoms with Gasteiger partial charge in [-0.3, -0.25) is 4.79 Å². The molecule has 1 heterocycles. The Bertz CT molecular complexity index is 209. The minimum Gasteiger partial charge on any atom is -0.338 e. The average Bonchev–Trinajstić information content (AvgIpc) is 2.25. The summed E-state index contributed by atoms with van der Waals surface area (Å²) in [6.45, 7) is 2.91. The molecular formula is C11H22N2OS. The summed E-state index contributed by atoms with van der Waals surface area (Å²) in [5, 5.41) is 0. The summed E-state index contributed by atoms with van der Waals surface area (Å²) in [4.78, 5) is 13.9. The summed E-state index contributed by atoms with van der Waals surface area (Å²) < 4.78 is 0. The molecule has 0 aromatic carbocycles. The summed E-state index contributed by atoms with van der Waals surface area (Å²) in [6.07, 6.45) is 6.10. The van der Waals surface area contributed by atoms with Crippen LogP contribution in [-0.4, -0.2) is 41.4 Å². The molecule has 3 nitrogen and oxygen atoms in total. The van der Waals surface area contributed by atoms with Gasteiger partial charge in [0, 0.05) is 30.8 Å². The number of piperidine rings is 1. The number of nitrogens with zero attached hydrogens (tertiary/aromatic N) is 1. The van der Waals surface area contributed by atoms with Crippen LogP contribution < -0.4 is 5.73 Å². The first kappa shape index (κ1) is 12.8. The van der Waals surface area contributed by atoms with Crippen LogP contribution in [0.3, 0.4) is 0 Å². The third-order valence-corrected chi connectivity index (χ3v) is 3.61. The highest BCUT2D eigenvalue weighted by atomic mass is 32.2. The molecule has 1 saturated heterocycles. The maximum atomic E-state index is 11.9. The Hall–Kier alpha value is -0.220. The second-order valence-corrected chi connectivity index (χ2v) is 5.24. The molecule has 0 bridgehead atoms. The quantitative estimate of drug-likeness (QED) is 0.795. The van der Waals surface area contributed by atoms with Crippen LogP contribution in [0.4, 0.5) is 0 Å². The fourth-order valence-electron chi connectivity index (χ4n) is 2.15. The predicted octanol–water partition coefficient (Wildman–Crippen LogP) is 1.47. The van der Waals surface area contributed by atoms with E-state index in [0.717, 1.165) is 25.1 Å². The van der Waals surface area contributed by atoms with E-state index in [1.165, 1.54) is 6.42 Å². The van der Waals surface area contributed by atoms with Crippen molar-refractivity contribution in [3.63, 3.8) is 0 Å². The molecule has 2 unspecified atom stereocenters. The molecule has 1 rings (SSSR count). The van der Waals surface area contributed by atoms with E-state index in [1.54, 1.807) is 11.8 Å². The first-order chi connectivity index (χ1) is 7.16. The molecule has 1 fully saturated rings. The van der Waals surface area contributed by atoms with Gasteiger partial charge in [0.2, 0.25) is 5.91 Å². The normalized spacial score (nSPS) is 23.9. The zero-order chi connectivity index (χ0) is 11.3. The minimum atomic E-state index is 0.100. The Labute approximate surface area is 96.8 Å². The van der Waals surface area contributed by atoms with Gasteiger partial charge in [0.05, 0.1) is 0 Å². The maximum Gasteiger partial charge on any atom is 0.223 e. The van der Waals surface area contributed by atoms with E-state index in [-0.39, 0.29) is 18.0 Å². The lowest BCUT2D eigenvalue weighted by Gasteiger charge is -2.38. The molecular weight excluding hydrogens is 208 g/mol. The van der Waals surface area contributed by atoms with E-state index in [0.29, 0.717) is 6.42 Å². The minimum absolute atomic E-state index is 0.100. The Balaban J connectivity index is 2.51. The number of thioether (sulfide) groups is 1. The van der Waals surface area contributed by atoms with Crippen molar-refractivity contribution in [3.05, 3.63) is 0 Å². The van der Waals surface area contributed by atoms with Crippen LogP contribution >= 0.6 is 11.8 Å². The van der Waals surface area contributed by atoms with Gasteiger partial charge in [0.1, 0.15) is 0 Å². The van der Waals surface area contributed by atoms with Crippen LogP contribution in [0.15, 0.2) is 0 Å². The summed E-state index contributed by atoms with van der Waals surface area (Å²) in [6, 6.07) is 0.372. The van der Waals surface area contributed by atoms with E-state index in [2.05, 4.69) is 0 Å². The topological polar surface area (TPSA) is 46.3 Å². The monoisotopic (exact) mass is 230 g/mol. The molecule has 1 aliphatic rings. The molecule has 2 N–H and O–H groups in total. The molecule has 0 saturated carbocycles. The molecule has 0 spiro atoms. The number of nitrogens with two attached hydrogens (primary N) is 1. The second-order valence-electron chi connectivity index (χ2n) is 4.25. The average molecular weight is 230 g/mol. The van der Waals surface area contributed by atoms with Crippen LogP contribution in [0.2, 0.25) is 0 Å². The Morgan fingerprint density at radius 2 is 2.33 bits per heavy atom. The van der Waals surface area contributed by atoms with Crippen molar-refractivity contribution in [3.8, 4) is 0 Å². The summed E-state index contributed by atoms with van der Waals surface area (Å²) in [5.41, 5.74) is 5.92. The Kier molecular flexibility index (Phi) is 5.47. The lowest BCUT2D eigenvalue weighted by molar-refractivity contribution is -0.134. The van der Waals surface area contributed by atoms with Gasteiger partial charge in [0.15, 0.2) is 0 Å². The number of rotatable bonds is 4. The van der Waals surface area contributed by atoms with Crippen LogP contribution in [-0.2, 0) is 4.79 Å². The lowest BCUT2D eigenvalue weighted by atomic mass is 9.96. The molecule has 4 heteroatoms. The van der Waals surface area contributed by atoms with Gasteiger partial charge < -0.3 is 10.6 Å². The molecule has 0 aliphatic carbocycles. The first-order valence-corrected chi connectivity index (χ1v) is 7.10. The summed E-state index contributed by atoms with van der Waals surface area (Å²) in [7, 11) is 0.